The van der Waals surface area contributed by atoms with Gasteiger partial charge in [0.25, 0.3) is 0 Å². The van der Waals surface area contributed by atoms with Crippen molar-refractivity contribution < 1.29 is 8.83 Å². The van der Waals surface area contributed by atoms with Gasteiger partial charge in [-0.1, -0.05) is 183 Å². The molecule has 0 saturated heterocycles. The predicted molar refractivity (Wildman–Crippen MR) is 262 cm³/mol. The zero-order valence-corrected chi connectivity index (χ0v) is 35.4. The maximum absolute atomic E-state index is 6.54. The smallest absolute Gasteiger partial charge is 0.136 e. The highest BCUT2D eigenvalue weighted by molar-refractivity contribution is 6.13. The van der Waals surface area contributed by atoms with Gasteiger partial charge >= 0.3 is 0 Å². The van der Waals surface area contributed by atoms with Crippen LogP contribution < -0.4 is 0 Å². The van der Waals surface area contributed by atoms with Crippen molar-refractivity contribution in [2.24, 2.45) is 4.99 Å². The molecule has 62 heavy (non-hydrogen) atoms. The lowest BCUT2D eigenvalue weighted by atomic mass is 9.94. The molecule has 0 amide bonds. The Morgan fingerprint density at radius 3 is 1.95 bits per heavy atom. The van der Waals surface area contributed by atoms with E-state index in [1.165, 1.54) is 50.1 Å². The molecule has 0 aliphatic carbocycles. The Morgan fingerprint density at radius 2 is 1.16 bits per heavy atom. The van der Waals surface area contributed by atoms with Crippen LogP contribution in [-0.2, 0) is 0 Å². The number of benzene rings is 8. The van der Waals surface area contributed by atoms with Crippen molar-refractivity contribution in [2.75, 3.05) is 0 Å². The first kappa shape index (κ1) is 38.9. The number of unbranched alkanes of at least 4 members (excludes halogenated alkanes) is 1. The summed E-state index contributed by atoms with van der Waals surface area (Å²) in [4.78, 5) is 5.60. The Labute approximate surface area is 363 Å². The van der Waals surface area contributed by atoms with Crippen LogP contribution in [0.5, 0.6) is 0 Å². The summed E-state index contributed by atoms with van der Waals surface area (Å²) in [5.41, 5.74) is 16.8. The molecule has 0 saturated carbocycles. The van der Waals surface area contributed by atoms with Crippen molar-refractivity contribution in [3.63, 3.8) is 0 Å². The van der Waals surface area contributed by atoms with Crippen molar-refractivity contribution in [3.8, 4) is 33.4 Å². The molecule has 8 aromatic carbocycles. The van der Waals surface area contributed by atoms with E-state index in [2.05, 4.69) is 196 Å². The number of rotatable bonds is 13. The number of hydrogen-bond donors (Lipinski definition) is 0. The second-order valence-electron chi connectivity index (χ2n) is 16.5. The molecule has 10 rings (SSSR count). The number of furan rings is 2. The lowest BCUT2D eigenvalue weighted by molar-refractivity contribution is 0.604. The van der Waals surface area contributed by atoms with Gasteiger partial charge in [-0.05, 0) is 113 Å². The van der Waals surface area contributed by atoms with E-state index in [1.807, 2.05) is 12.1 Å². The standard InChI is InChI=1S/C59H49NO2/c1-3-4-20-53(60-54(46-16-9-6-10-17-46)35-23-40(2)37-41-24-36-56-52(38-41)50-18-11-12-21-55(50)61-56)47-31-29-45(30-32-47)49-19-13-22-57-59(49)51-34-33-48(39-58(51)62-57)44-27-25-43(26-28-44)42-14-7-5-8-15-42/h5-19,21-22,24-34,36-39,53H,3-4,20,23,35H2,1-2H3/b40-37-,60-54?. The van der Waals surface area contributed by atoms with Crippen LogP contribution in [0, 0.1) is 0 Å². The second kappa shape index (κ2) is 17.4. The molecule has 0 aliphatic heterocycles. The van der Waals surface area contributed by atoms with E-state index < -0.39 is 0 Å². The van der Waals surface area contributed by atoms with E-state index in [0.29, 0.717) is 0 Å². The van der Waals surface area contributed by atoms with Crippen molar-refractivity contribution in [1.82, 2.24) is 0 Å². The molecule has 0 fully saturated rings. The van der Waals surface area contributed by atoms with Gasteiger partial charge in [0.2, 0.25) is 0 Å². The first-order chi connectivity index (χ1) is 30.6. The van der Waals surface area contributed by atoms with Crippen LogP contribution >= 0.6 is 0 Å². The Hall–Kier alpha value is -7.23. The zero-order valence-electron chi connectivity index (χ0n) is 35.4. The Morgan fingerprint density at radius 1 is 0.516 bits per heavy atom. The number of para-hydroxylation sites is 1. The second-order valence-corrected chi connectivity index (χ2v) is 16.5. The van der Waals surface area contributed by atoms with Crippen LogP contribution in [-0.4, -0.2) is 5.71 Å². The van der Waals surface area contributed by atoms with Crippen LogP contribution in [0.15, 0.2) is 207 Å². The number of aliphatic imine (C=N–C) groups is 1. The third-order valence-electron chi connectivity index (χ3n) is 12.2. The fourth-order valence-electron chi connectivity index (χ4n) is 8.93. The first-order valence-electron chi connectivity index (χ1n) is 22.0. The minimum atomic E-state index is 0.0611. The summed E-state index contributed by atoms with van der Waals surface area (Å²) in [5.74, 6) is 0. The van der Waals surface area contributed by atoms with Crippen LogP contribution in [0.4, 0.5) is 0 Å². The average molecular weight is 804 g/mol. The van der Waals surface area contributed by atoms with Crippen molar-refractivity contribution in [2.45, 2.75) is 52.0 Å². The molecule has 3 heteroatoms. The summed E-state index contributed by atoms with van der Waals surface area (Å²) in [6, 6.07) is 67.0. The van der Waals surface area contributed by atoms with Gasteiger partial charge in [-0.15, -0.1) is 0 Å². The number of fused-ring (bicyclic) bond motifs is 6. The molecule has 3 nitrogen and oxygen atoms in total. The first-order valence-corrected chi connectivity index (χ1v) is 22.0. The molecule has 10 aromatic rings. The average Bonchev–Trinajstić information content (AvgIpc) is 3.90. The van der Waals surface area contributed by atoms with E-state index in [1.54, 1.807) is 0 Å². The van der Waals surface area contributed by atoms with E-state index in [-0.39, 0.29) is 6.04 Å². The molecule has 0 bridgehead atoms. The SMILES string of the molecule is CCCCC(N=C(CC/C(C)=C\c1ccc2oc3ccccc3c2c1)c1ccccc1)c1ccc(-c2cccc3oc4cc(-c5ccc(-c6ccccc6)cc5)ccc4c23)cc1. The Balaban J connectivity index is 0.919. The summed E-state index contributed by atoms with van der Waals surface area (Å²) in [6.45, 7) is 4.50. The highest BCUT2D eigenvalue weighted by Crippen LogP contribution is 2.39. The topological polar surface area (TPSA) is 38.6 Å². The highest BCUT2D eigenvalue weighted by Gasteiger charge is 2.17. The summed E-state index contributed by atoms with van der Waals surface area (Å²) in [7, 11) is 0. The number of hydrogen-bond acceptors (Lipinski definition) is 3. The van der Waals surface area contributed by atoms with Crippen molar-refractivity contribution in [3.05, 3.63) is 210 Å². The monoisotopic (exact) mass is 803 g/mol. The molecule has 0 radical (unpaired) electrons. The molecule has 2 aromatic heterocycles. The normalized spacial score (nSPS) is 12.8. The third kappa shape index (κ3) is 8.02. The van der Waals surface area contributed by atoms with Crippen LogP contribution in [0.2, 0.25) is 0 Å². The third-order valence-corrected chi connectivity index (χ3v) is 12.2. The van der Waals surface area contributed by atoms with Gasteiger partial charge in [-0.2, -0.15) is 0 Å². The fourth-order valence-corrected chi connectivity index (χ4v) is 8.93. The van der Waals surface area contributed by atoms with Gasteiger partial charge < -0.3 is 8.83 Å². The predicted octanol–water partition coefficient (Wildman–Crippen LogP) is 17.1. The van der Waals surface area contributed by atoms with Crippen LogP contribution in [0.1, 0.15) is 68.7 Å². The van der Waals surface area contributed by atoms with Gasteiger partial charge in [0.05, 0.1) is 6.04 Å². The lowest BCUT2D eigenvalue weighted by Gasteiger charge is -2.17. The van der Waals surface area contributed by atoms with Gasteiger partial charge in [-0.25, -0.2) is 0 Å². The van der Waals surface area contributed by atoms with Crippen LogP contribution in [0.25, 0.3) is 83.3 Å². The molecular formula is C59H49NO2. The van der Waals surface area contributed by atoms with Crippen molar-refractivity contribution >= 4 is 55.7 Å². The maximum Gasteiger partial charge on any atom is 0.136 e. The van der Waals surface area contributed by atoms with E-state index in [0.717, 1.165) is 87.3 Å². The van der Waals surface area contributed by atoms with E-state index in [4.69, 9.17) is 13.8 Å². The number of allylic oxidation sites excluding steroid dienone is 1. The van der Waals surface area contributed by atoms with Gasteiger partial charge in [-0.3, -0.25) is 4.99 Å². The molecular weight excluding hydrogens is 755 g/mol. The number of nitrogens with zero attached hydrogens (tertiary/aromatic N) is 1. The van der Waals surface area contributed by atoms with E-state index >= 15 is 0 Å². The van der Waals surface area contributed by atoms with Gasteiger partial charge in [0.1, 0.15) is 22.3 Å². The molecule has 302 valence electrons. The fraction of sp³-hybridized carbons (Fsp3) is 0.136. The van der Waals surface area contributed by atoms with Gasteiger partial charge in [0.15, 0.2) is 0 Å². The van der Waals surface area contributed by atoms with E-state index in [9.17, 15) is 0 Å². The summed E-state index contributed by atoms with van der Waals surface area (Å²) in [6.07, 6.45) is 7.33. The Kier molecular flexibility index (Phi) is 10.9. The highest BCUT2D eigenvalue weighted by atomic mass is 16.3. The Bertz CT molecular complexity index is 3200. The van der Waals surface area contributed by atoms with Crippen LogP contribution in [0.3, 0.4) is 0 Å². The minimum absolute atomic E-state index is 0.0611. The molecule has 1 atom stereocenters. The van der Waals surface area contributed by atoms with Crippen molar-refractivity contribution in [1.29, 1.82) is 0 Å². The molecule has 0 aliphatic rings. The maximum atomic E-state index is 6.54. The summed E-state index contributed by atoms with van der Waals surface area (Å²) in [5, 5.41) is 4.59. The minimum Gasteiger partial charge on any atom is -0.456 e. The molecule has 1 unspecified atom stereocenters. The molecule has 0 N–H and O–H groups in total. The summed E-state index contributed by atoms with van der Waals surface area (Å²) >= 11 is 0. The summed E-state index contributed by atoms with van der Waals surface area (Å²) < 4.78 is 12.6. The molecule has 0 spiro atoms. The molecule has 2 heterocycles. The largest absolute Gasteiger partial charge is 0.456 e. The lowest BCUT2D eigenvalue weighted by Crippen LogP contribution is -2.06. The quantitative estimate of drug-likeness (QED) is 0.109. The zero-order chi connectivity index (χ0) is 41.8. The van der Waals surface area contributed by atoms with Gasteiger partial charge in [0, 0.05) is 27.3 Å².